The Morgan fingerprint density at radius 3 is 2.47 bits per heavy atom. The maximum atomic E-state index is 12.1. The molecule has 0 unspecified atom stereocenters. The molecular weight excluding hydrogens is 266 g/mol. The SMILES string of the molecule is Cn1cc(C(=O)NCCS(C)(=O)=O)c(C(C)(C)C)n1. The largest absolute Gasteiger partial charge is 0.351 e. The number of aromatic nitrogens is 2. The van der Waals surface area contributed by atoms with Crippen molar-refractivity contribution in [1.29, 1.82) is 0 Å². The third kappa shape index (κ3) is 4.66. The molecule has 1 rings (SSSR count). The van der Waals surface area contributed by atoms with Gasteiger partial charge in [-0.25, -0.2) is 8.42 Å². The Labute approximate surface area is 114 Å². The minimum atomic E-state index is -3.07. The number of carbonyl (C=O) groups is 1. The van der Waals surface area contributed by atoms with E-state index in [1.54, 1.807) is 17.9 Å². The van der Waals surface area contributed by atoms with Crippen LogP contribution in [0.5, 0.6) is 0 Å². The van der Waals surface area contributed by atoms with Crippen LogP contribution >= 0.6 is 0 Å². The van der Waals surface area contributed by atoms with Gasteiger partial charge < -0.3 is 5.32 Å². The van der Waals surface area contributed by atoms with Crippen LogP contribution in [0.1, 0.15) is 36.8 Å². The molecule has 0 aliphatic heterocycles. The van der Waals surface area contributed by atoms with Crippen molar-refractivity contribution in [3.05, 3.63) is 17.5 Å². The topological polar surface area (TPSA) is 81.1 Å². The molecule has 1 N–H and O–H groups in total. The monoisotopic (exact) mass is 287 g/mol. The Morgan fingerprint density at radius 1 is 1.42 bits per heavy atom. The van der Waals surface area contributed by atoms with Crippen LogP contribution in [0.25, 0.3) is 0 Å². The number of carbonyl (C=O) groups excluding carboxylic acids is 1. The summed E-state index contributed by atoms with van der Waals surface area (Å²) in [6, 6.07) is 0. The number of amides is 1. The molecule has 19 heavy (non-hydrogen) atoms. The highest BCUT2D eigenvalue weighted by atomic mass is 32.2. The quantitative estimate of drug-likeness (QED) is 0.874. The first-order valence-corrected chi connectivity index (χ1v) is 8.07. The number of hydrogen-bond donors (Lipinski definition) is 1. The van der Waals surface area contributed by atoms with Gasteiger partial charge in [-0.1, -0.05) is 20.8 Å². The van der Waals surface area contributed by atoms with Gasteiger partial charge in [0.2, 0.25) is 0 Å². The summed E-state index contributed by atoms with van der Waals surface area (Å²) in [5.41, 5.74) is 0.945. The predicted molar refractivity (Wildman–Crippen MR) is 74.0 cm³/mol. The molecule has 0 aliphatic carbocycles. The van der Waals surface area contributed by atoms with E-state index in [-0.39, 0.29) is 23.6 Å². The lowest BCUT2D eigenvalue weighted by Gasteiger charge is -2.17. The summed E-state index contributed by atoms with van der Waals surface area (Å²) >= 11 is 0. The Kier molecular flexibility index (Phi) is 4.39. The molecule has 6 nitrogen and oxygen atoms in total. The minimum Gasteiger partial charge on any atom is -0.351 e. The Hall–Kier alpha value is -1.37. The van der Waals surface area contributed by atoms with Gasteiger partial charge in [0.1, 0.15) is 9.84 Å². The van der Waals surface area contributed by atoms with E-state index >= 15 is 0 Å². The number of aryl methyl sites for hydroxylation is 1. The molecule has 0 saturated carbocycles. The third-order valence-electron chi connectivity index (χ3n) is 2.54. The molecule has 0 spiro atoms. The smallest absolute Gasteiger partial charge is 0.254 e. The van der Waals surface area contributed by atoms with Gasteiger partial charge in [-0.3, -0.25) is 9.48 Å². The third-order valence-corrected chi connectivity index (χ3v) is 3.49. The van der Waals surface area contributed by atoms with Gasteiger partial charge in [0.15, 0.2) is 0 Å². The van der Waals surface area contributed by atoms with E-state index in [1.165, 1.54) is 0 Å². The van der Waals surface area contributed by atoms with E-state index in [2.05, 4.69) is 10.4 Å². The molecule has 0 aliphatic rings. The van der Waals surface area contributed by atoms with Crippen molar-refractivity contribution >= 4 is 15.7 Å². The van der Waals surface area contributed by atoms with Crippen LogP contribution in [0.3, 0.4) is 0 Å². The molecule has 1 aromatic rings. The van der Waals surface area contributed by atoms with Gasteiger partial charge in [-0.15, -0.1) is 0 Å². The number of nitrogens with zero attached hydrogens (tertiary/aromatic N) is 2. The van der Waals surface area contributed by atoms with Crippen LogP contribution in [0.2, 0.25) is 0 Å². The van der Waals surface area contributed by atoms with Crippen LogP contribution in [-0.4, -0.2) is 42.7 Å². The van der Waals surface area contributed by atoms with Gasteiger partial charge in [0.05, 0.1) is 17.0 Å². The van der Waals surface area contributed by atoms with Gasteiger partial charge >= 0.3 is 0 Å². The summed E-state index contributed by atoms with van der Waals surface area (Å²) in [5.74, 6) is -0.356. The summed E-state index contributed by atoms with van der Waals surface area (Å²) in [6.07, 6.45) is 2.79. The van der Waals surface area contributed by atoms with Crippen molar-refractivity contribution in [3.8, 4) is 0 Å². The van der Waals surface area contributed by atoms with Crippen molar-refractivity contribution in [2.45, 2.75) is 26.2 Å². The molecule has 1 amide bonds. The fourth-order valence-electron chi connectivity index (χ4n) is 1.65. The lowest BCUT2D eigenvalue weighted by molar-refractivity contribution is 0.0954. The fourth-order valence-corrected chi connectivity index (χ4v) is 2.13. The molecule has 0 bridgehead atoms. The number of nitrogens with one attached hydrogen (secondary N) is 1. The highest BCUT2D eigenvalue weighted by Gasteiger charge is 2.25. The first-order valence-electron chi connectivity index (χ1n) is 6.01. The van der Waals surface area contributed by atoms with Crippen molar-refractivity contribution in [2.24, 2.45) is 7.05 Å². The number of sulfone groups is 1. The molecule has 7 heteroatoms. The van der Waals surface area contributed by atoms with E-state index < -0.39 is 9.84 Å². The highest BCUT2D eigenvalue weighted by molar-refractivity contribution is 7.90. The van der Waals surface area contributed by atoms with E-state index in [9.17, 15) is 13.2 Å². The summed E-state index contributed by atoms with van der Waals surface area (Å²) in [6.45, 7) is 6.03. The minimum absolute atomic E-state index is 0.0656. The number of hydrogen-bond acceptors (Lipinski definition) is 4. The standard InChI is InChI=1S/C12H21N3O3S/c1-12(2,3)10-9(8-15(4)14-10)11(16)13-6-7-19(5,17)18/h8H,6-7H2,1-5H3,(H,13,16). The van der Waals surface area contributed by atoms with Gasteiger partial charge in [0, 0.05) is 31.5 Å². The van der Waals surface area contributed by atoms with Crippen LogP contribution < -0.4 is 5.32 Å². The van der Waals surface area contributed by atoms with Crippen molar-refractivity contribution in [1.82, 2.24) is 15.1 Å². The first kappa shape index (κ1) is 15.7. The van der Waals surface area contributed by atoms with E-state index in [1.807, 2.05) is 20.8 Å². The predicted octanol–water partition coefficient (Wildman–Crippen LogP) is 0.492. The zero-order valence-electron chi connectivity index (χ0n) is 12.0. The van der Waals surface area contributed by atoms with Crippen LogP contribution in [0.15, 0.2) is 6.20 Å². The lowest BCUT2D eigenvalue weighted by Crippen LogP contribution is -2.30. The van der Waals surface area contributed by atoms with Crippen LogP contribution in [-0.2, 0) is 22.3 Å². The van der Waals surface area contributed by atoms with E-state index in [0.29, 0.717) is 11.3 Å². The maximum absolute atomic E-state index is 12.1. The normalized spacial score (nSPS) is 12.5. The second-order valence-electron chi connectivity index (χ2n) is 5.70. The summed E-state index contributed by atoms with van der Waals surface area (Å²) in [5, 5.41) is 6.91. The Bertz CT molecular complexity index is 568. The zero-order chi connectivity index (χ0) is 14.8. The number of rotatable bonds is 4. The average molecular weight is 287 g/mol. The second-order valence-corrected chi connectivity index (χ2v) is 7.96. The van der Waals surface area contributed by atoms with Gasteiger partial charge in [-0.05, 0) is 0 Å². The second kappa shape index (κ2) is 5.32. The van der Waals surface area contributed by atoms with Crippen molar-refractivity contribution in [3.63, 3.8) is 0 Å². The molecule has 0 saturated heterocycles. The molecule has 1 aromatic heterocycles. The fraction of sp³-hybridized carbons (Fsp3) is 0.667. The van der Waals surface area contributed by atoms with E-state index in [4.69, 9.17) is 0 Å². The summed E-state index contributed by atoms with van der Waals surface area (Å²) < 4.78 is 23.6. The zero-order valence-corrected chi connectivity index (χ0v) is 12.8. The van der Waals surface area contributed by atoms with Gasteiger partial charge in [0.25, 0.3) is 5.91 Å². The summed E-state index contributed by atoms with van der Waals surface area (Å²) in [4.78, 5) is 12.1. The van der Waals surface area contributed by atoms with Crippen molar-refractivity contribution in [2.75, 3.05) is 18.6 Å². The van der Waals surface area contributed by atoms with Crippen molar-refractivity contribution < 1.29 is 13.2 Å². The van der Waals surface area contributed by atoms with E-state index in [0.717, 1.165) is 6.26 Å². The summed E-state index contributed by atoms with van der Waals surface area (Å²) in [7, 11) is -1.32. The van der Waals surface area contributed by atoms with Gasteiger partial charge in [-0.2, -0.15) is 5.10 Å². The van der Waals surface area contributed by atoms with Crippen LogP contribution in [0, 0.1) is 0 Å². The molecular formula is C12H21N3O3S. The first-order chi connectivity index (χ1) is 8.50. The lowest BCUT2D eigenvalue weighted by atomic mass is 9.89. The molecule has 0 atom stereocenters. The molecule has 1 heterocycles. The average Bonchev–Trinajstić information content (AvgIpc) is 2.57. The highest BCUT2D eigenvalue weighted by Crippen LogP contribution is 2.23. The molecule has 108 valence electrons. The molecule has 0 radical (unpaired) electrons. The molecule has 0 aromatic carbocycles. The maximum Gasteiger partial charge on any atom is 0.254 e. The van der Waals surface area contributed by atoms with Crippen LogP contribution in [0.4, 0.5) is 0 Å². The Balaban J connectivity index is 2.83. The Morgan fingerprint density at radius 2 is 2.00 bits per heavy atom. The molecule has 0 fully saturated rings.